The van der Waals surface area contributed by atoms with Gasteiger partial charge in [-0.3, -0.25) is 0 Å². The summed E-state index contributed by atoms with van der Waals surface area (Å²) in [6.07, 6.45) is 1.38. The van der Waals surface area contributed by atoms with Gasteiger partial charge in [0.15, 0.2) is 0 Å². The minimum Gasteiger partial charge on any atom is -0.381 e. The van der Waals surface area contributed by atoms with Crippen LogP contribution in [0.2, 0.25) is 0 Å². The van der Waals surface area contributed by atoms with E-state index in [1.165, 1.54) is 0 Å². The number of hydrogen-bond acceptors (Lipinski definition) is 4. The van der Waals surface area contributed by atoms with E-state index >= 15 is 0 Å². The molecule has 112 valence electrons. The number of methoxy groups -OCH3 is 1. The highest BCUT2D eigenvalue weighted by molar-refractivity contribution is 5.60. The first-order valence-electron chi connectivity index (χ1n) is 7.34. The summed E-state index contributed by atoms with van der Waals surface area (Å²) in [5, 5.41) is 14.9. The first-order chi connectivity index (χ1) is 10.1. The molecule has 1 aliphatic carbocycles. The Kier molecular flexibility index (Phi) is 3.78. The van der Waals surface area contributed by atoms with Crippen molar-refractivity contribution in [3.63, 3.8) is 0 Å². The van der Waals surface area contributed by atoms with Gasteiger partial charge in [0.1, 0.15) is 11.4 Å². The van der Waals surface area contributed by atoms with Crippen molar-refractivity contribution in [1.82, 2.24) is 20.7 Å². The summed E-state index contributed by atoms with van der Waals surface area (Å²) in [4.78, 5) is 0. The summed E-state index contributed by atoms with van der Waals surface area (Å²) in [5.74, 6) is 0. The van der Waals surface area contributed by atoms with Crippen molar-refractivity contribution in [2.45, 2.75) is 39.0 Å². The van der Waals surface area contributed by atoms with Crippen LogP contribution in [0.5, 0.6) is 0 Å². The van der Waals surface area contributed by atoms with Crippen molar-refractivity contribution < 1.29 is 4.74 Å². The molecule has 2 N–H and O–H groups in total. The minimum absolute atomic E-state index is 0.158. The van der Waals surface area contributed by atoms with Crippen LogP contribution in [0.25, 0.3) is 11.3 Å². The number of aromatic nitrogens is 3. The predicted octanol–water partition coefficient (Wildman–Crippen LogP) is 2.37. The highest BCUT2D eigenvalue weighted by atomic mass is 16.5. The van der Waals surface area contributed by atoms with Crippen LogP contribution in [-0.2, 0) is 11.3 Å². The van der Waals surface area contributed by atoms with E-state index in [0.717, 1.165) is 23.4 Å². The molecule has 1 aromatic carbocycles. The molecule has 2 aromatic rings. The molecule has 5 nitrogen and oxygen atoms in total. The van der Waals surface area contributed by atoms with E-state index in [9.17, 15) is 0 Å². The lowest BCUT2D eigenvalue weighted by molar-refractivity contribution is -0.0979. The molecule has 2 atom stereocenters. The zero-order chi connectivity index (χ0) is 14.9. The molecule has 0 aliphatic heterocycles. The Balaban J connectivity index is 1.67. The number of hydrogen-bond donors (Lipinski definition) is 2. The number of H-pyrrole nitrogens is 1. The Morgan fingerprint density at radius 2 is 2.05 bits per heavy atom. The van der Waals surface area contributed by atoms with Gasteiger partial charge >= 0.3 is 0 Å². The molecule has 1 aliphatic rings. The largest absolute Gasteiger partial charge is 0.381 e. The predicted molar refractivity (Wildman–Crippen MR) is 81.6 cm³/mol. The molecule has 0 radical (unpaired) electrons. The van der Waals surface area contributed by atoms with E-state index < -0.39 is 0 Å². The number of nitrogens with zero attached hydrogens (tertiary/aromatic N) is 2. The van der Waals surface area contributed by atoms with Crippen LogP contribution in [0.1, 0.15) is 26.0 Å². The topological polar surface area (TPSA) is 62.8 Å². The third-order valence-corrected chi connectivity index (χ3v) is 4.65. The van der Waals surface area contributed by atoms with Crippen molar-refractivity contribution >= 4 is 0 Å². The second-order valence-electron chi connectivity index (χ2n) is 6.20. The van der Waals surface area contributed by atoms with Crippen LogP contribution in [-0.4, -0.2) is 34.7 Å². The van der Waals surface area contributed by atoms with E-state index in [-0.39, 0.29) is 5.41 Å². The molecular weight excluding hydrogens is 264 g/mol. The third kappa shape index (κ3) is 2.59. The Hall–Kier alpha value is -1.72. The van der Waals surface area contributed by atoms with Crippen LogP contribution in [0.4, 0.5) is 0 Å². The maximum absolute atomic E-state index is 5.49. The molecule has 0 spiro atoms. The van der Waals surface area contributed by atoms with Crippen molar-refractivity contribution in [2.24, 2.45) is 5.41 Å². The fourth-order valence-electron chi connectivity index (χ4n) is 3.05. The molecule has 2 unspecified atom stereocenters. The van der Waals surface area contributed by atoms with Gasteiger partial charge in [-0.1, -0.05) is 44.2 Å². The van der Waals surface area contributed by atoms with Crippen LogP contribution in [0.3, 0.4) is 0 Å². The smallest absolute Gasteiger partial charge is 0.117 e. The highest BCUT2D eigenvalue weighted by Gasteiger charge is 2.48. The Bertz CT molecular complexity index is 593. The van der Waals surface area contributed by atoms with Gasteiger partial charge in [-0.2, -0.15) is 15.4 Å². The lowest BCUT2D eigenvalue weighted by Gasteiger charge is -2.51. The zero-order valence-corrected chi connectivity index (χ0v) is 12.8. The van der Waals surface area contributed by atoms with E-state index in [0.29, 0.717) is 18.7 Å². The summed E-state index contributed by atoms with van der Waals surface area (Å²) in [6.45, 7) is 5.19. The van der Waals surface area contributed by atoms with Crippen LogP contribution >= 0.6 is 0 Å². The highest BCUT2D eigenvalue weighted by Crippen LogP contribution is 2.42. The molecule has 21 heavy (non-hydrogen) atoms. The number of nitrogens with one attached hydrogen (secondary N) is 2. The third-order valence-electron chi connectivity index (χ3n) is 4.65. The number of ether oxygens (including phenoxy) is 1. The molecule has 1 saturated carbocycles. The quantitative estimate of drug-likeness (QED) is 0.886. The molecule has 0 bridgehead atoms. The maximum atomic E-state index is 5.49. The molecule has 1 aromatic heterocycles. The summed E-state index contributed by atoms with van der Waals surface area (Å²) in [7, 11) is 1.79. The van der Waals surface area contributed by atoms with Gasteiger partial charge in [0.05, 0.1) is 6.10 Å². The lowest BCUT2D eigenvalue weighted by Crippen LogP contribution is -2.60. The zero-order valence-electron chi connectivity index (χ0n) is 12.8. The maximum Gasteiger partial charge on any atom is 0.117 e. The summed E-state index contributed by atoms with van der Waals surface area (Å²) in [6, 6.07) is 10.6. The monoisotopic (exact) mass is 286 g/mol. The first-order valence-corrected chi connectivity index (χ1v) is 7.34. The van der Waals surface area contributed by atoms with Gasteiger partial charge in [0, 0.05) is 30.7 Å². The number of aromatic amines is 1. The minimum atomic E-state index is 0.158. The van der Waals surface area contributed by atoms with Crippen LogP contribution in [0.15, 0.2) is 30.3 Å². The van der Waals surface area contributed by atoms with E-state index in [1.54, 1.807) is 7.11 Å². The number of rotatable bonds is 5. The van der Waals surface area contributed by atoms with E-state index in [1.807, 2.05) is 18.2 Å². The summed E-state index contributed by atoms with van der Waals surface area (Å²) in [5.41, 5.74) is 3.12. The average molecular weight is 286 g/mol. The number of benzene rings is 1. The van der Waals surface area contributed by atoms with E-state index in [4.69, 9.17) is 4.74 Å². The Morgan fingerprint density at radius 1 is 1.29 bits per heavy atom. The van der Waals surface area contributed by atoms with Crippen molar-refractivity contribution in [1.29, 1.82) is 0 Å². The standard InChI is InChI=1S/C16H22N4O/c1-16(2)13(9-14(16)21-3)17-10-12-15(19-20-18-12)11-7-5-4-6-8-11/h4-8,13-14,17H,9-10H2,1-3H3,(H,18,19,20). The molecule has 0 amide bonds. The lowest BCUT2D eigenvalue weighted by atomic mass is 9.64. The van der Waals surface area contributed by atoms with E-state index in [2.05, 4.69) is 46.7 Å². The van der Waals surface area contributed by atoms with Gasteiger partial charge < -0.3 is 10.1 Å². The summed E-state index contributed by atoms with van der Waals surface area (Å²) >= 11 is 0. The van der Waals surface area contributed by atoms with Gasteiger partial charge in [0.2, 0.25) is 0 Å². The van der Waals surface area contributed by atoms with Crippen LogP contribution < -0.4 is 5.32 Å². The van der Waals surface area contributed by atoms with Gasteiger partial charge in [-0.25, -0.2) is 0 Å². The van der Waals surface area contributed by atoms with Crippen molar-refractivity contribution in [2.75, 3.05) is 7.11 Å². The molecular formula is C16H22N4O. The second kappa shape index (κ2) is 5.58. The average Bonchev–Trinajstić information content (AvgIpc) is 2.95. The SMILES string of the molecule is COC1CC(NCc2n[nH]nc2-c2ccccc2)C1(C)C. The van der Waals surface area contributed by atoms with Gasteiger partial charge in [-0.05, 0) is 6.42 Å². The van der Waals surface area contributed by atoms with Crippen molar-refractivity contribution in [3.05, 3.63) is 36.0 Å². The normalized spacial score (nSPS) is 23.8. The van der Waals surface area contributed by atoms with Crippen LogP contribution in [0, 0.1) is 5.41 Å². The van der Waals surface area contributed by atoms with Crippen molar-refractivity contribution in [3.8, 4) is 11.3 Å². The molecule has 3 rings (SSSR count). The Labute approximate surface area is 125 Å². The fraction of sp³-hybridized carbons (Fsp3) is 0.500. The Morgan fingerprint density at radius 3 is 2.71 bits per heavy atom. The fourth-order valence-corrected chi connectivity index (χ4v) is 3.05. The van der Waals surface area contributed by atoms with Gasteiger partial charge in [-0.15, -0.1) is 0 Å². The summed E-state index contributed by atoms with van der Waals surface area (Å²) < 4.78 is 5.49. The molecule has 0 saturated heterocycles. The molecule has 1 heterocycles. The second-order valence-corrected chi connectivity index (χ2v) is 6.20. The molecule has 5 heteroatoms. The molecule has 1 fully saturated rings. The first kappa shape index (κ1) is 14.2. The van der Waals surface area contributed by atoms with Gasteiger partial charge in [0.25, 0.3) is 0 Å².